The van der Waals surface area contributed by atoms with Gasteiger partial charge in [-0.3, -0.25) is 9.59 Å². The summed E-state index contributed by atoms with van der Waals surface area (Å²) >= 11 is 0. The summed E-state index contributed by atoms with van der Waals surface area (Å²) < 4.78 is 7.57. The highest BCUT2D eigenvalue weighted by atomic mass is 16.5. The van der Waals surface area contributed by atoms with Crippen molar-refractivity contribution in [1.29, 1.82) is 0 Å². The lowest BCUT2D eigenvalue weighted by molar-refractivity contribution is -0.141. The van der Waals surface area contributed by atoms with Gasteiger partial charge >= 0.3 is 0 Å². The number of hydrogen-bond acceptors (Lipinski definition) is 5. The van der Waals surface area contributed by atoms with Crippen LogP contribution in [0.3, 0.4) is 0 Å². The Bertz CT molecular complexity index is 893. The van der Waals surface area contributed by atoms with Crippen molar-refractivity contribution in [2.24, 2.45) is 5.92 Å². The van der Waals surface area contributed by atoms with E-state index in [4.69, 9.17) is 4.74 Å². The van der Waals surface area contributed by atoms with Crippen LogP contribution in [0, 0.1) is 5.92 Å². The minimum Gasteiger partial charge on any atom is -0.375 e. The molecule has 8 heteroatoms. The molecule has 2 amide bonds. The molecule has 3 rings (SSSR count). The molecule has 0 radical (unpaired) electrons. The van der Waals surface area contributed by atoms with E-state index in [1.165, 1.54) is 0 Å². The van der Waals surface area contributed by atoms with E-state index in [0.29, 0.717) is 39.1 Å². The Kier molecular flexibility index (Phi) is 7.35. The zero-order chi connectivity index (χ0) is 21.5. The number of nitrogens with zero attached hydrogens (tertiary/aromatic N) is 4. The lowest BCUT2D eigenvalue weighted by Crippen LogP contribution is -2.46. The summed E-state index contributed by atoms with van der Waals surface area (Å²) in [5.74, 6) is 1.18. The van der Waals surface area contributed by atoms with Gasteiger partial charge in [0.15, 0.2) is 5.82 Å². The van der Waals surface area contributed by atoms with E-state index in [9.17, 15) is 9.59 Å². The molecule has 0 spiro atoms. The van der Waals surface area contributed by atoms with E-state index in [1.807, 2.05) is 41.8 Å². The summed E-state index contributed by atoms with van der Waals surface area (Å²) in [5.41, 5.74) is 1.89. The van der Waals surface area contributed by atoms with Crippen LogP contribution in [0.15, 0.2) is 42.5 Å². The number of carbonyl (C=O) groups is 2. The van der Waals surface area contributed by atoms with Gasteiger partial charge in [-0.25, -0.2) is 0 Å². The van der Waals surface area contributed by atoms with E-state index in [2.05, 4.69) is 22.1 Å². The molecule has 0 saturated heterocycles. The van der Waals surface area contributed by atoms with Crippen molar-refractivity contribution in [2.45, 2.75) is 26.3 Å². The first-order valence-corrected chi connectivity index (χ1v) is 10.2. The van der Waals surface area contributed by atoms with Gasteiger partial charge in [-0.15, -0.1) is 10.2 Å². The number of likely N-dealkylation sites (N-methyl/N-ethyl adjacent to an activating group) is 1. The van der Waals surface area contributed by atoms with Gasteiger partial charge in [0.25, 0.3) is 0 Å². The molecule has 8 nitrogen and oxygen atoms in total. The molecular formula is C22H29N5O3. The van der Waals surface area contributed by atoms with E-state index in [0.717, 1.165) is 22.8 Å². The number of aryl methyl sites for hydroxylation is 1. The highest BCUT2D eigenvalue weighted by molar-refractivity contribution is 5.86. The molecule has 1 aromatic heterocycles. The van der Waals surface area contributed by atoms with Crippen LogP contribution in [0.2, 0.25) is 0 Å². The number of carbonyl (C=O) groups excluding carboxylic acids is 2. The Morgan fingerprint density at radius 2 is 2.07 bits per heavy atom. The zero-order valence-electron chi connectivity index (χ0n) is 17.6. The van der Waals surface area contributed by atoms with Crippen LogP contribution < -0.4 is 5.32 Å². The molecule has 160 valence electrons. The van der Waals surface area contributed by atoms with Crippen molar-refractivity contribution in [3.63, 3.8) is 0 Å². The lowest BCUT2D eigenvalue weighted by atomic mass is 9.97. The molecule has 0 saturated carbocycles. The summed E-state index contributed by atoms with van der Waals surface area (Å²) in [6, 6.07) is 9.84. The van der Waals surface area contributed by atoms with Crippen molar-refractivity contribution in [2.75, 3.05) is 33.4 Å². The van der Waals surface area contributed by atoms with Crippen LogP contribution in [0.1, 0.15) is 19.2 Å². The van der Waals surface area contributed by atoms with Crippen LogP contribution in [0.5, 0.6) is 0 Å². The Morgan fingerprint density at radius 3 is 2.77 bits per heavy atom. The second-order valence-electron chi connectivity index (χ2n) is 7.59. The summed E-state index contributed by atoms with van der Waals surface area (Å²) in [6.07, 6.45) is 1.36. The van der Waals surface area contributed by atoms with Crippen molar-refractivity contribution < 1.29 is 14.3 Å². The molecule has 1 N–H and O–H groups in total. The third-order valence-electron chi connectivity index (χ3n) is 5.11. The summed E-state index contributed by atoms with van der Waals surface area (Å²) in [7, 11) is 1.57. The Morgan fingerprint density at radius 1 is 1.30 bits per heavy atom. The SMILES string of the molecule is C=C(C)COCCN(CC(=O)NC)C(=O)C1CCc2nnc(-c3ccccc3)n2C1. The molecule has 1 aliphatic heterocycles. The molecule has 0 bridgehead atoms. The number of ether oxygens (including phenoxy) is 1. The zero-order valence-corrected chi connectivity index (χ0v) is 17.6. The Hall–Kier alpha value is -3.00. The van der Waals surface area contributed by atoms with Crippen LogP contribution in [-0.4, -0.2) is 64.8 Å². The second kappa shape index (κ2) is 10.2. The number of rotatable bonds is 9. The van der Waals surface area contributed by atoms with E-state index >= 15 is 0 Å². The number of hydrogen-bond donors (Lipinski definition) is 1. The first-order chi connectivity index (χ1) is 14.5. The number of benzene rings is 1. The molecule has 0 aliphatic carbocycles. The van der Waals surface area contributed by atoms with Crippen LogP contribution in [0.4, 0.5) is 0 Å². The van der Waals surface area contributed by atoms with Gasteiger partial charge in [-0.1, -0.05) is 42.5 Å². The van der Waals surface area contributed by atoms with E-state index in [1.54, 1.807) is 11.9 Å². The first-order valence-electron chi connectivity index (χ1n) is 10.2. The average Bonchev–Trinajstić information content (AvgIpc) is 3.18. The predicted molar refractivity (Wildman–Crippen MR) is 114 cm³/mol. The number of aromatic nitrogens is 3. The highest BCUT2D eigenvalue weighted by Gasteiger charge is 2.31. The van der Waals surface area contributed by atoms with Gasteiger partial charge in [-0.2, -0.15) is 0 Å². The molecule has 1 aromatic carbocycles. The topological polar surface area (TPSA) is 89.3 Å². The smallest absolute Gasteiger partial charge is 0.239 e. The second-order valence-corrected chi connectivity index (χ2v) is 7.59. The quantitative estimate of drug-likeness (QED) is 0.501. The van der Waals surface area contributed by atoms with Crippen molar-refractivity contribution >= 4 is 11.8 Å². The molecule has 1 aliphatic rings. The largest absolute Gasteiger partial charge is 0.375 e. The van der Waals surface area contributed by atoms with Gasteiger partial charge in [0.05, 0.1) is 25.7 Å². The lowest BCUT2D eigenvalue weighted by Gasteiger charge is -2.29. The average molecular weight is 412 g/mol. The normalized spacial score (nSPS) is 15.3. The predicted octanol–water partition coefficient (Wildman–Crippen LogP) is 1.67. The molecule has 1 unspecified atom stereocenters. The fourth-order valence-corrected chi connectivity index (χ4v) is 3.53. The molecule has 2 aromatic rings. The van der Waals surface area contributed by atoms with Gasteiger partial charge in [-0.05, 0) is 13.3 Å². The fourth-order valence-electron chi connectivity index (χ4n) is 3.53. The van der Waals surface area contributed by atoms with Crippen molar-refractivity contribution in [3.8, 4) is 11.4 Å². The number of fused-ring (bicyclic) bond motifs is 1. The fraction of sp³-hybridized carbons (Fsp3) is 0.455. The number of amides is 2. The monoisotopic (exact) mass is 411 g/mol. The maximum atomic E-state index is 13.3. The Balaban J connectivity index is 1.72. The third kappa shape index (κ3) is 5.33. The molecule has 0 fully saturated rings. The summed E-state index contributed by atoms with van der Waals surface area (Å²) in [5, 5.41) is 11.2. The van der Waals surface area contributed by atoms with Crippen LogP contribution in [-0.2, 0) is 27.3 Å². The molecule has 2 heterocycles. The molecule has 30 heavy (non-hydrogen) atoms. The maximum Gasteiger partial charge on any atom is 0.239 e. The van der Waals surface area contributed by atoms with Gasteiger partial charge in [0.1, 0.15) is 5.82 Å². The van der Waals surface area contributed by atoms with Crippen molar-refractivity contribution in [3.05, 3.63) is 48.3 Å². The Labute approximate surface area is 176 Å². The van der Waals surface area contributed by atoms with Gasteiger partial charge in [0, 0.05) is 32.1 Å². The van der Waals surface area contributed by atoms with E-state index in [-0.39, 0.29) is 24.3 Å². The van der Waals surface area contributed by atoms with Gasteiger partial charge in [0.2, 0.25) is 11.8 Å². The highest BCUT2D eigenvalue weighted by Crippen LogP contribution is 2.26. The summed E-state index contributed by atoms with van der Waals surface area (Å²) in [6.45, 7) is 7.37. The van der Waals surface area contributed by atoms with E-state index < -0.39 is 0 Å². The standard InChI is InChI=1S/C22H29N5O3/c1-16(2)15-30-12-11-26(14-20(28)23-3)22(29)18-9-10-19-24-25-21(27(19)13-18)17-7-5-4-6-8-17/h4-8,18H,1,9-15H2,2-3H3,(H,23,28). The third-order valence-corrected chi connectivity index (χ3v) is 5.11. The van der Waals surface area contributed by atoms with Crippen LogP contribution >= 0.6 is 0 Å². The van der Waals surface area contributed by atoms with Crippen LogP contribution in [0.25, 0.3) is 11.4 Å². The minimum absolute atomic E-state index is 0.0167. The van der Waals surface area contributed by atoms with Gasteiger partial charge < -0.3 is 19.5 Å². The summed E-state index contributed by atoms with van der Waals surface area (Å²) in [4.78, 5) is 26.8. The molecule has 1 atom stereocenters. The number of nitrogens with one attached hydrogen (secondary N) is 1. The minimum atomic E-state index is -0.234. The first kappa shape index (κ1) is 21.7. The maximum absolute atomic E-state index is 13.3. The van der Waals surface area contributed by atoms with Crippen molar-refractivity contribution in [1.82, 2.24) is 25.0 Å². The molecular weight excluding hydrogens is 382 g/mol.